The van der Waals surface area contributed by atoms with Crippen LogP contribution in [-0.2, 0) is 29.3 Å². The number of alkyl halides is 3. The molecular formula is C23H28F3N7O2S. The van der Waals surface area contributed by atoms with E-state index in [-0.39, 0.29) is 6.54 Å². The summed E-state index contributed by atoms with van der Waals surface area (Å²) < 4.78 is 66.4. The van der Waals surface area contributed by atoms with Crippen molar-refractivity contribution in [3.63, 3.8) is 0 Å². The van der Waals surface area contributed by atoms with E-state index in [4.69, 9.17) is 0 Å². The van der Waals surface area contributed by atoms with Gasteiger partial charge < -0.3 is 0 Å². The highest BCUT2D eigenvalue weighted by Crippen LogP contribution is 2.30. The number of anilines is 1. The first-order chi connectivity index (χ1) is 17.0. The van der Waals surface area contributed by atoms with Gasteiger partial charge in [-0.05, 0) is 63.4 Å². The average molecular weight is 524 g/mol. The van der Waals surface area contributed by atoms with Gasteiger partial charge in [0.25, 0.3) is 0 Å². The molecule has 1 saturated heterocycles. The second kappa shape index (κ2) is 10.5. The Morgan fingerprint density at radius 3 is 2.44 bits per heavy atom. The Balaban J connectivity index is 1.29. The van der Waals surface area contributed by atoms with Gasteiger partial charge >= 0.3 is 6.18 Å². The third-order valence-corrected chi connectivity index (χ3v) is 7.86. The highest BCUT2D eigenvalue weighted by molar-refractivity contribution is 7.93. The number of hydrogen-bond donors (Lipinski definition) is 1. The van der Waals surface area contributed by atoms with Gasteiger partial charge in [0.2, 0.25) is 15.8 Å². The van der Waals surface area contributed by atoms with Gasteiger partial charge in [0.15, 0.2) is 0 Å². The lowest BCUT2D eigenvalue weighted by Crippen LogP contribution is -2.32. The molecule has 0 bridgehead atoms. The van der Waals surface area contributed by atoms with Crippen LogP contribution in [0.2, 0.25) is 0 Å². The zero-order valence-corrected chi connectivity index (χ0v) is 20.8. The third-order valence-electron chi connectivity index (χ3n) is 6.10. The van der Waals surface area contributed by atoms with E-state index in [0.717, 1.165) is 49.6 Å². The average Bonchev–Trinajstić information content (AvgIpc) is 3.25. The zero-order chi connectivity index (χ0) is 25.9. The number of likely N-dealkylation sites (tertiary alicyclic amines) is 1. The van der Waals surface area contributed by atoms with Gasteiger partial charge in [-0.25, -0.2) is 23.1 Å². The van der Waals surface area contributed by atoms with Gasteiger partial charge in [-0.15, -0.1) is 5.10 Å². The maximum Gasteiger partial charge on any atom is 0.451 e. The summed E-state index contributed by atoms with van der Waals surface area (Å²) in [5.74, 6) is -0.836. The molecule has 1 aliphatic heterocycles. The van der Waals surface area contributed by atoms with Crippen LogP contribution < -0.4 is 4.72 Å². The Morgan fingerprint density at radius 1 is 1.11 bits per heavy atom. The Kier molecular flexibility index (Phi) is 7.59. The number of piperidine rings is 1. The minimum Gasteiger partial charge on any atom is -0.297 e. The molecule has 0 radical (unpaired) electrons. The van der Waals surface area contributed by atoms with Crippen LogP contribution in [0.1, 0.15) is 55.3 Å². The number of halogens is 3. The van der Waals surface area contributed by atoms with Crippen molar-refractivity contribution in [2.24, 2.45) is 0 Å². The topological polar surface area (TPSA) is 106 Å². The van der Waals surface area contributed by atoms with E-state index >= 15 is 0 Å². The number of benzene rings is 1. The predicted octanol–water partition coefficient (Wildman–Crippen LogP) is 3.66. The first-order valence-corrected chi connectivity index (χ1v) is 13.2. The maximum absolute atomic E-state index is 12.6. The van der Waals surface area contributed by atoms with Crippen LogP contribution in [0, 0.1) is 0 Å². The zero-order valence-electron chi connectivity index (χ0n) is 20.0. The summed E-state index contributed by atoms with van der Waals surface area (Å²) in [6, 6.07) is 7.58. The van der Waals surface area contributed by atoms with Crippen LogP contribution in [0.3, 0.4) is 0 Å². The molecule has 9 nitrogen and oxygen atoms in total. The van der Waals surface area contributed by atoms with Crippen molar-refractivity contribution in [1.29, 1.82) is 0 Å². The van der Waals surface area contributed by atoms with Crippen LogP contribution in [0.15, 0.2) is 42.9 Å². The summed E-state index contributed by atoms with van der Waals surface area (Å²) >= 11 is 0. The molecule has 36 heavy (non-hydrogen) atoms. The number of rotatable bonds is 8. The fourth-order valence-electron chi connectivity index (χ4n) is 4.05. The third kappa shape index (κ3) is 6.58. The molecule has 0 atom stereocenters. The summed E-state index contributed by atoms with van der Waals surface area (Å²) in [4.78, 5) is 9.01. The summed E-state index contributed by atoms with van der Waals surface area (Å²) in [6.07, 6.45) is 1.35. The number of nitrogens with zero attached hydrogens (tertiary/aromatic N) is 6. The minimum absolute atomic E-state index is 0.226. The van der Waals surface area contributed by atoms with Crippen molar-refractivity contribution in [1.82, 2.24) is 29.9 Å². The molecule has 3 aromatic rings. The molecule has 1 aliphatic rings. The SMILES string of the molecule is CC(C)S(=O)(=O)Nc1cccc(C2CCN(Cc3cn(Cc4cnc(C(F)(F)F)nc4)nn3)CC2)c1. The van der Waals surface area contributed by atoms with Crippen molar-refractivity contribution in [2.75, 3.05) is 17.8 Å². The van der Waals surface area contributed by atoms with E-state index in [1.807, 2.05) is 18.2 Å². The molecule has 1 N–H and O–H groups in total. The smallest absolute Gasteiger partial charge is 0.297 e. The first kappa shape index (κ1) is 26.0. The molecular weight excluding hydrogens is 495 g/mol. The van der Waals surface area contributed by atoms with Gasteiger partial charge in [0, 0.05) is 30.2 Å². The molecule has 0 amide bonds. The fourth-order valence-corrected chi connectivity index (χ4v) is 4.74. The first-order valence-electron chi connectivity index (χ1n) is 11.6. The number of sulfonamides is 1. The van der Waals surface area contributed by atoms with E-state index in [9.17, 15) is 21.6 Å². The van der Waals surface area contributed by atoms with Crippen LogP contribution in [-0.4, -0.2) is 56.6 Å². The molecule has 1 aromatic carbocycles. The van der Waals surface area contributed by atoms with Gasteiger partial charge in [-0.2, -0.15) is 13.2 Å². The fraction of sp³-hybridized carbons (Fsp3) is 0.478. The normalized spacial score (nSPS) is 15.9. The quantitative estimate of drug-likeness (QED) is 0.480. The summed E-state index contributed by atoms with van der Waals surface area (Å²) in [5.41, 5.74) is 2.96. The van der Waals surface area contributed by atoms with E-state index in [2.05, 4.69) is 29.9 Å². The number of hydrogen-bond acceptors (Lipinski definition) is 7. The minimum atomic E-state index is -4.57. The van der Waals surface area contributed by atoms with Crippen LogP contribution in [0.5, 0.6) is 0 Å². The van der Waals surface area contributed by atoms with Crippen molar-refractivity contribution >= 4 is 15.7 Å². The van der Waals surface area contributed by atoms with Crippen molar-refractivity contribution < 1.29 is 21.6 Å². The predicted molar refractivity (Wildman–Crippen MR) is 128 cm³/mol. The van der Waals surface area contributed by atoms with Gasteiger partial charge in [0.1, 0.15) is 0 Å². The highest BCUT2D eigenvalue weighted by Gasteiger charge is 2.34. The van der Waals surface area contributed by atoms with Gasteiger partial charge in [-0.1, -0.05) is 17.3 Å². The van der Waals surface area contributed by atoms with Crippen LogP contribution >= 0.6 is 0 Å². The van der Waals surface area contributed by atoms with E-state index in [0.29, 0.717) is 23.7 Å². The second-order valence-corrected chi connectivity index (χ2v) is 11.4. The molecule has 0 spiro atoms. The van der Waals surface area contributed by atoms with Gasteiger partial charge in [0.05, 0.1) is 23.7 Å². The highest BCUT2D eigenvalue weighted by atomic mass is 32.2. The number of aromatic nitrogens is 5. The van der Waals surface area contributed by atoms with Crippen LogP contribution in [0.25, 0.3) is 0 Å². The Morgan fingerprint density at radius 2 is 1.81 bits per heavy atom. The van der Waals surface area contributed by atoms with Crippen molar-refractivity contribution in [3.8, 4) is 0 Å². The van der Waals surface area contributed by atoms with Gasteiger partial charge in [-0.3, -0.25) is 9.62 Å². The molecule has 194 valence electrons. The van der Waals surface area contributed by atoms with E-state index in [1.165, 1.54) is 0 Å². The summed E-state index contributed by atoms with van der Waals surface area (Å²) in [7, 11) is -3.39. The molecule has 0 saturated carbocycles. The summed E-state index contributed by atoms with van der Waals surface area (Å²) in [5, 5.41) is 7.74. The molecule has 1 fully saturated rings. The molecule has 0 aliphatic carbocycles. The molecule has 4 rings (SSSR count). The largest absolute Gasteiger partial charge is 0.451 e. The lowest BCUT2D eigenvalue weighted by atomic mass is 9.89. The van der Waals surface area contributed by atoms with E-state index in [1.54, 1.807) is 30.8 Å². The molecule has 2 aromatic heterocycles. The Hall–Kier alpha value is -3.06. The maximum atomic E-state index is 12.6. The monoisotopic (exact) mass is 523 g/mol. The molecule has 0 unspecified atom stereocenters. The standard InChI is InChI=1S/C23H28F3N7O2S/c1-16(2)36(34,35)30-20-5-3-4-19(10-20)18-6-8-32(9-7-18)14-21-15-33(31-29-21)13-17-11-27-22(28-12-17)23(24,25)26/h3-5,10-12,15-16,18,30H,6-9,13-14H2,1-2H3. The lowest BCUT2D eigenvalue weighted by molar-refractivity contribution is -0.145. The molecule has 3 heterocycles. The number of nitrogens with one attached hydrogen (secondary N) is 1. The van der Waals surface area contributed by atoms with Crippen molar-refractivity contribution in [2.45, 2.75) is 57.1 Å². The van der Waals surface area contributed by atoms with Crippen molar-refractivity contribution in [3.05, 3.63) is 65.5 Å². The van der Waals surface area contributed by atoms with E-state index < -0.39 is 27.3 Å². The second-order valence-electron chi connectivity index (χ2n) is 9.19. The Labute approximate surface area is 207 Å². The summed E-state index contributed by atoms with van der Waals surface area (Å²) in [6.45, 7) is 5.83. The Bertz CT molecular complexity index is 1270. The lowest BCUT2D eigenvalue weighted by Gasteiger charge is -2.31. The molecule has 13 heteroatoms. The van der Waals surface area contributed by atoms with Crippen LogP contribution in [0.4, 0.5) is 18.9 Å².